The first-order chi connectivity index (χ1) is 11.6. The zero-order valence-electron chi connectivity index (χ0n) is 14.7. The second-order valence-corrected chi connectivity index (χ2v) is 6.93. The first-order valence-corrected chi connectivity index (χ1v) is 9.42. The molecule has 2 aromatic rings. The highest BCUT2D eigenvalue weighted by molar-refractivity contribution is 7.98. The van der Waals surface area contributed by atoms with Crippen LogP contribution in [0.1, 0.15) is 42.7 Å². The minimum Gasteiger partial charge on any atom is -0.321 e. The van der Waals surface area contributed by atoms with Crippen molar-refractivity contribution in [3.05, 3.63) is 59.9 Å². The highest BCUT2D eigenvalue weighted by atomic mass is 32.2. The van der Waals surface area contributed by atoms with E-state index in [1.165, 1.54) is 5.56 Å². The van der Waals surface area contributed by atoms with Crippen LogP contribution >= 0.6 is 11.8 Å². The molecule has 2 rings (SSSR count). The summed E-state index contributed by atoms with van der Waals surface area (Å²) in [6.07, 6.45) is 6.45. The van der Waals surface area contributed by atoms with Gasteiger partial charge in [-0.1, -0.05) is 19.1 Å². The van der Waals surface area contributed by atoms with E-state index < -0.39 is 0 Å². The summed E-state index contributed by atoms with van der Waals surface area (Å²) < 4.78 is 0. The largest absolute Gasteiger partial charge is 0.322 e. The van der Waals surface area contributed by atoms with Gasteiger partial charge in [-0.05, 0) is 55.0 Å². The fourth-order valence-electron chi connectivity index (χ4n) is 2.68. The van der Waals surface area contributed by atoms with Crippen molar-refractivity contribution >= 4 is 23.5 Å². The van der Waals surface area contributed by atoms with E-state index in [1.54, 1.807) is 29.1 Å². The predicted octanol–water partition coefficient (Wildman–Crippen LogP) is 5.12. The summed E-state index contributed by atoms with van der Waals surface area (Å²) in [7, 11) is 1.83. The monoisotopic (exact) mass is 343 g/mol. The standard InChI is InChI=1S/C19H25N3OS/c1-5-18(15-9-11-20-12-10-15)22(3)19(23)21-17-8-6-7-16(13-17)14(2)24-4/h6-14,18H,5H2,1-4H3,(H,21,23). The summed E-state index contributed by atoms with van der Waals surface area (Å²) in [5, 5.41) is 3.41. The summed E-state index contributed by atoms with van der Waals surface area (Å²) in [6, 6.07) is 11.9. The maximum atomic E-state index is 12.6. The lowest BCUT2D eigenvalue weighted by Gasteiger charge is -2.28. The van der Waals surface area contributed by atoms with Gasteiger partial charge in [0.25, 0.3) is 0 Å². The Kier molecular flexibility index (Phi) is 6.67. The maximum Gasteiger partial charge on any atom is 0.322 e. The Morgan fingerprint density at radius 2 is 1.96 bits per heavy atom. The van der Waals surface area contributed by atoms with Crippen LogP contribution in [0.5, 0.6) is 0 Å². The Balaban J connectivity index is 2.11. The van der Waals surface area contributed by atoms with E-state index in [0.29, 0.717) is 5.25 Å². The lowest BCUT2D eigenvalue weighted by Crippen LogP contribution is -2.34. The van der Waals surface area contributed by atoms with Gasteiger partial charge in [0.15, 0.2) is 0 Å². The molecule has 0 aliphatic heterocycles. The van der Waals surface area contributed by atoms with Crippen molar-refractivity contribution in [2.75, 3.05) is 18.6 Å². The average molecular weight is 343 g/mol. The topological polar surface area (TPSA) is 45.2 Å². The second kappa shape index (κ2) is 8.73. The molecule has 0 radical (unpaired) electrons. The van der Waals surface area contributed by atoms with Gasteiger partial charge in [-0.2, -0.15) is 11.8 Å². The molecule has 128 valence electrons. The van der Waals surface area contributed by atoms with Crippen LogP contribution in [0.25, 0.3) is 0 Å². The third-order valence-electron chi connectivity index (χ3n) is 4.23. The molecule has 4 nitrogen and oxygen atoms in total. The van der Waals surface area contributed by atoms with Gasteiger partial charge in [0.2, 0.25) is 0 Å². The highest BCUT2D eigenvalue weighted by Gasteiger charge is 2.20. The number of carbonyl (C=O) groups excluding carboxylic acids is 1. The number of hydrogen-bond acceptors (Lipinski definition) is 3. The Bertz CT molecular complexity index is 663. The number of anilines is 1. The lowest BCUT2D eigenvalue weighted by molar-refractivity contribution is 0.202. The van der Waals surface area contributed by atoms with Gasteiger partial charge < -0.3 is 10.2 Å². The average Bonchev–Trinajstić information content (AvgIpc) is 2.62. The van der Waals surface area contributed by atoms with Gasteiger partial charge >= 0.3 is 6.03 Å². The highest BCUT2D eigenvalue weighted by Crippen LogP contribution is 2.28. The number of pyridine rings is 1. The first-order valence-electron chi connectivity index (χ1n) is 8.13. The van der Waals surface area contributed by atoms with Gasteiger partial charge in [-0.3, -0.25) is 4.98 Å². The van der Waals surface area contributed by atoms with E-state index in [0.717, 1.165) is 17.7 Å². The number of thioether (sulfide) groups is 1. The zero-order valence-corrected chi connectivity index (χ0v) is 15.5. The SMILES string of the molecule is CCC(c1ccncc1)N(C)C(=O)Nc1cccc(C(C)SC)c1. The van der Waals surface area contributed by atoms with Crippen LogP contribution in [-0.4, -0.2) is 29.2 Å². The third kappa shape index (κ3) is 4.51. The van der Waals surface area contributed by atoms with Crippen molar-refractivity contribution in [3.8, 4) is 0 Å². The molecule has 5 heteroatoms. The van der Waals surface area contributed by atoms with Crippen molar-refractivity contribution < 1.29 is 4.79 Å². The lowest BCUT2D eigenvalue weighted by atomic mass is 10.1. The molecule has 2 unspecified atom stereocenters. The molecule has 1 heterocycles. The van der Waals surface area contributed by atoms with E-state index in [2.05, 4.69) is 36.5 Å². The molecular weight excluding hydrogens is 318 g/mol. The van der Waals surface area contributed by atoms with E-state index in [-0.39, 0.29) is 12.1 Å². The van der Waals surface area contributed by atoms with Gasteiger partial charge in [0.05, 0.1) is 6.04 Å². The maximum absolute atomic E-state index is 12.6. The van der Waals surface area contributed by atoms with Crippen LogP contribution in [0.3, 0.4) is 0 Å². The molecule has 1 aromatic carbocycles. The molecule has 0 spiro atoms. The Morgan fingerprint density at radius 1 is 1.25 bits per heavy atom. The van der Waals surface area contributed by atoms with Crippen LogP contribution in [0, 0.1) is 0 Å². The van der Waals surface area contributed by atoms with Gasteiger partial charge in [-0.25, -0.2) is 4.79 Å². The molecule has 0 aliphatic carbocycles. The summed E-state index contributed by atoms with van der Waals surface area (Å²) in [4.78, 5) is 18.4. The first kappa shape index (κ1) is 18.3. The molecule has 0 aliphatic rings. The fourth-order valence-corrected chi connectivity index (χ4v) is 3.10. The molecule has 2 amide bonds. The zero-order chi connectivity index (χ0) is 17.5. The smallest absolute Gasteiger partial charge is 0.321 e. The summed E-state index contributed by atoms with van der Waals surface area (Å²) >= 11 is 1.79. The Hall–Kier alpha value is -2.01. The van der Waals surface area contributed by atoms with Crippen molar-refractivity contribution in [2.45, 2.75) is 31.6 Å². The number of benzene rings is 1. The third-order valence-corrected chi connectivity index (χ3v) is 5.21. The van der Waals surface area contributed by atoms with E-state index in [4.69, 9.17) is 0 Å². The fraction of sp³-hybridized carbons (Fsp3) is 0.368. The minimum atomic E-state index is -0.104. The molecule has 0 fully saturated rings. The normalized spacial score (nSPS) is 13.2. The van der Waals surface area contributed by atoms with Gasteiger partial charge in [0, 0.05) is 30.4 Å². The van der Waals surface area contributed by atoms with Crippen LogP contribution in [0.4, 0.5) is 10.5 Å². The molecule has 0 saturated carbocycles. The number of carbonyl (C=O) groups is 1. The van der Waals surface area contributed by atoms with Crippen molar-refractivity contribution in [1.82, 2.24) is 9.88 Å². The summed E-state index contributed by atoms with van der Waals surface area (Å²) in [5.74, 6) is 0. The van der Waals surface area contributed by atoms with E-state index in [9.17, 15) is 4.79 Å². The molecular formula is C19H25N3OS. The number of aromatic nitrogens is 1. The molecule has 0 saturated heterocycles. The van der Waals surface area contributed by atoms with Gasteiger partial charge in [0.1, 0.15) is 0 Å². The Labute approximate surface area is 148 Å². The molecule has 1 N–H and O–H groups in total. The number of hydrogen-bond donors (Lipinski definition) is 1. The Morgan fingerprint density at radius 3 is 2.58 bits per heavy atom. The number of rotatable bonds is 6. The van der Waals surface area contributed by atoms with Crippen LogP contribution in [0.15, 0.2) is 48.8 Å². The quantitative estimate of drug-likeness (QED) is 0.791. The van der Waals surface area contributed by atoms with Crippen molar-refractivity contribution in [1.29, 1.82) is 0 Å². The second-order valence-electron chi connectivity index (χ2n) is 5.75. The number of nitrogens with zero attached hydrogens (tertiary/aromatic N) is 2. The molecule has 2 atom stereocenters. The molecule has 1 aromatic heterocycles. The summed E-state index contributed by atoms with van der Waals surface area (Å²) in [6.45, 7) is 4.24. The number of amides is 2. The van der Waals surface area contributed by atoms with E-state index >= 15 is 0 Å². The minimum absolute atomic E-state index is 0.0290. The number of urea groups is 1. The molecule has 24 heavy (non-hydrogen) atoms. The molecule has 0 bridgehead atoms. The van der Waals surface area contributed by atoms with Crippen LogP contribution in [0.2, 0.25) is 0 Å². The predicted molar refractivity (Wildman–Crippen MR) is 102 cm³/mol. The summed E-state index contributed by atoms with van der Waals surface area (Å²) in [5.41, 5.74) is 3.13. The van der Waals surface area contributed by atoms with Crippen molar-refractivity contribution in [3.63, 3.8) is 0 Å². The van der Waals surface area contributed by atoms with Crippen LogP contribution < -0.4 is 5.32 Å². The van der Waals surface area contributed by atoms with Crippen LogP contribution in [-0.2, 0) is 0 Å². The van der Waals surface area contributed by atoms with Crippen molar-refractivity contribution in [2.24, 2.45) is 0 Å². The number of nitrogens with one attached hydrogen (secondary N) is 1. The van der Waals surface area contributed by atoms with E-state index in [1.807, 2.05) is 37.4 Å². The van der Waals surface area contributed by atoms with Gasteiger partial charge in [-0.15, -0.1) is 0 Å².